The van der Waals surface area contributed by atoms with E-state index in [9.17, 15) is 13.2 Å². The molecular weight excluding hydrogens is 377 g/mol. The van der Waals surface area contributed by atoms with Gasteiger partial charge in [0.1, 0.15) is 0 Å². The summed E-state index contributed by atoms with van der Waals surface area (Å²) in [5.41, 5.74) is 0.169. The number of ether oxygens (including phenoxy) is 1. The first-order valence-corrected chi connectivity index (χ1v) is 9.70. The van der Waals surface area contributed by atoms with Crippen LogP contribution in [0.1, 0.15) is 43.2 Å². The Morgan fingerprint density at radius 2 is 2.04 bits per heavy atom. The highest BCUT2D eigenvalue weighted by atomic mass is 35.5. The van der Waals surface area contributed by atoms with E-state index in [1.807, 2.05) is 6.07 Å². The molecule has 3 fully saturated rings. The summed E-state index contributed by atoms with van der Waals surface area (Å²) < 4.78 is 44.7. The van der Waals surface area contributed by atoms with Crippen LogP contribution >= 0.6 is 12.4 Å². The molecule has 0 spiro atoms. The zero-order chi connectivity index (χ0) is 18.2. The second-order valence-electron chi connectivity index (χ2n) is 8.08. The van der Waals surface area contributed by atoms with Gasteiger partial charge in [-0.25, -0.2) is 0 Å². The maximum absolute atomic E-state index is 13.0. The maximum Gasteiger partial charge on any atom is 0.416 e. The molecule has 0 radical (unpaired) electrons. The van der Waals surface area contributed by atoms with Gasteiger partial charge in [0.2, 0.25) is 0 Å². The number of hydrogen-bond acceptors (Lipinski definition) is 3. The average molecular weight is 405 g/mol. The topological polar surface area (TPSA) is 33.3 Å². The molecular formula is C20H28ClF3N2O. The summed E-state index contributed by atoms with van der Waals surface area (Å²) in [5, 5.41) is 7.28. The van der Waals surface area contributed by atoms with Gasteiger partial charge in [-0.05, 0) is 43.2 Å². The Morgan fingerprint density at radius 3 is 2.70 bits per heavy atom. The van der Waals surface area contributed by atoms with Crippen molar-refractivity contribution in [2.24, 2.45) is 5.92 Å². The molecule has 4 rings (SSSR count). The van der Waals surface area contributed by atoms with Gasteiger partial charge in [-0.3, -0.25) is 0 Å². The molecule has 0 bridgehead atoms. The summed E-state index contributed by atoms with van der Waals surface area (Å²) >= 11 is 0. The zero-order valence-electron chi connectivity index (χ0n) is 15.4. The Kier molecular flexibility index (Phi) is 6.41. The van der Waals surface area contributed by atoms with Crippen LogP contribution in [-0.2, 0) is 16.3 Å². The third kappa shape index (κ3) is 4.61. The predicted octanol–water partition coefficient (Wildman–Crippen LogP) is 3.91. The van der Waals surface area contributed by atoms with Gasteiger partial charge in [0.15, 0.2) is 0 Å². The van der Waals surface area contributed by atoms with Crippen LogP contribution in [0.3, 0.4) is 0 Å². The molecule has 2 saturated carbocycles. The summed E-state index contributed by atoms with van der Waals surface area (Å²) in [4.78, 5) is 0. The fourth-order valence-electron chi connectivity index (χ4n) is 4.65. The lowest BCUT2D eigenvalue weighted by Crippen LogP contribution is -2.51. The summed E-state index contributed by atoms with van der Waals surface area (Å²) in [5.74, 6) is 0.549. The van der Waals surface area contributed by atoms with Crippen LogP contribution < -0.4 is 10.6 Å². The maximum atomic E-state index is 13.0. The fourth-order valence-corrected chi connectivity index (χ4v) is 4.65. The lowest BCUT2D eigenvalue weighted by atomic mass is 9.91. The van der Waals surface area contributed by atoms with Crippen LogP contribution in [0, 0.1) is 5.92 Å². The van der Waals surface area contributed by atoms with E-state index in [0.717, 1.165) is 57.2 Å². The largest absolute Gasteiger partial charge is 0.416 e. The molecule has 2 aliphatic carbocycles. The minimum Gasteiger partial charge on any atom is -0.379 e. The Hall–Kier alpha value is -0.820. The second kappa shape index (κ2) is 8.27. The summed E-state index contributed by atoms with van der Waals surface area (Å²) in [6, 6.07) is 6.73. The zero-order valence-corrected chi connectivity index (χ0v) is 16.2. The van der Waals surface area contributed by atoms with Gasteiger partial charge >= 0.3 is 6.18 Å². The molecule has 3 aliphatic rings. The SMILES string of the molecule is Cl.FC(F)(F)c1cccc(C2(CNC3CCCC3C3COCCN3)CC2)c1. The number of morpholine rings is 1. The van der Waals surface area contributed by atoms with Crippen molar-refractivity contribution in [2.75, 3.05) is 26.3 Å². The smallest absolute Gasteiger partial charge is 0.379 e. The molecule has 27 heavy (non-hydrogen) atoms. The minimum atomic E-state index is -4.28. The number of alkyl halides is 3. The quantitative estimate of drug-likeness (QED) is 0.780. The number of halogens is 4. The van der Waals surface area contributed by atoms with Crippen molar-refractivity contribution in [2.45, 2.75) is 55.8 Å². The first kappa shape index (κ1) is 20.9. The van der Waals surface area contributed by atoms with Crippen molar-refractivity contribution in [1.29, 1.82) is 0 Å². The standard InChI is InChI=1S/C20H27F3N2O.ClH/c21-20(22,23)15-4-1-3-14(11-15)19(7-8-19)13-25-17-6-2-5-16(17)18-12-26-10-9-24-18;/h1,3-4,11,16-18,24-25H,2,5-10,12-13H2;1H. The summed E-state index contributed by atoms with van der Waals surface area (Å²) in [6.45, 7) is 3.21. The van der Waals surface area contributed by atoms with Gasteiger partial charge in [-0.2, -0.15) is 13.2 Å². The molecule has 1 saturated heterocycles. The third-order valence-electron chi connectivity index (χ3n) is 6.40. The van der Waals surface area contributed by atoms with E-state index in [1.54, 1.807) is 6.07 Å². The van der Waals surface area contributed by atoms with Gasteiger partial charge in [0, 0.05) is 30.6 Å². The highest BCUT2D eigenvalue weighted by molar-refractivity contribution is 5.85. The van der Waals surface area contributed by atoms with Crippen molar-refractivity contribution < 1.29 is 17.9 Å². The van der Waals surface area contributed by atoms with Crippen molar-refractivity contribution in [3.63, 3.8) is 0 Å². The van der Waals surface area contributed by atoms with Gasteiger partial charge < -0.3 is 15.4 Å². The number of benzene rings is 1. The number of rotatable bonds is 5. The van der Waals surface area contributed by atoms with Crippen LogP contribution in [0.5, 0.6) is 0 Å². The Bertz CT molecular complexity index is 630. The molecule has 0 amide bonds. The van der Waals surface area contributed by atoms with Gasteiger partial charge in [-0.1, -0.05) is 24.6 Å². The Balaban J connectivity index is 0.00000210. The van der Waals surface area contributed by atoms with Crippen molar-refractivity contribution in [3.8, 4) is 0 Å². The first-order chi connectivity index (χ1) is 12.5. The van der Waals surface area contributed by atoms with E-state index >= 15 is 0 Å². The Morgan fingerprint density at radius 1 is 1.22 bits per heavy atom. The summed E-state index contributed by atoms with van der Waals surface area (Å²) in [6.07, 6.45) is 1.18. The monoisotopic (exact) mass is 404 g/mol. The molecule has 1 heterocycles. The van der Waals surface area contributed by atoms with Crippen LogP contribution in [0.4, 0.5) is 13.2 Å². The highest BCUT2D eigenvalue weighted by Gasteiger charge is 2.46. The highest BCUT2D eigenvalue weighted by Crippen LogP contribution is 2.49. The number of nitrogens with one attached hydrogen (secondary N) is 2. The molecule has 1 aliphatic heterocycles. The molecule has 3 atom stereocenters. The average Bonchev–Trinajstić information content (AvgIpc) is 3.29. The van der Waals surface area contributed by atoms with Gasteiger partial charge in [-0.15, -0.1) is 12.4 Å². The Labute approximate surface area is 164 Å². The first-order valence-electron chi connectivity index (χ1n) is 9.70. The molecule has 3 unspecified atom stereocenters. The molecule has 0 aromatic heterocycles. The van der Waals surface area contributed by atoms with E-state index in [-0.39, 0.29) is 17.8 Å². The van der Waals surface area contributed by atoms with Crippen molar-refractivity contribution in [1.82, 2.24) is 10.6 Å². The van der Waals surface area contributed by atoms with Crippen LogP contribution in [0.15, 0.2) is 24.3 Å². The lowest BCUT2D eigenvalue weighted by Gasteiger charge is -2.33. The molecule has 3 nitrogen and oxygen atoms in total. The fraction of sp³-hybridized carbons (Fsp3) is 0.700. The van der Waals surface area contributed by atoms with E-state index < -0.39 is 11.7 Å². The van der Waals surface area contributed by atoms with E-state index in [4.69, 9.17) is 4.74 Å². The van der Waals surface area contributed by atoms with E-state index in [0.29, 0.717) is 18.0 Å². The third-order valence-corrected chi connectivity index (χ3v) is 6.40. The molecule has 1 aromatic carbocycles. The van der Waals surface area contributed by atoms with Crippen molar-refractivity contribution >= 4 is 12.4 Å². The van der Waals surface area contributed by atoms with Crippen LogP contribution in [0.25, 0.3) is 0 Å². The van der Waals surface area contributed by atoms with E-state index in [2.05, 4.69) is 10.6 Å². The normalized spacial score (nSPS) is 30.0. The molecule has 152 valence electrons. The van der Waals surface area contributed by atoms with Crippen molar-refractivity contribution in [3.05, 3.63) is 35.4 Å². The van der Waals surface area contributed by atoms with Crippen LogP contribution in [0.2, 0.25) is 0 Å². The predicted molar refractivity (Wildman–Crippen MR) is 101 cm³/mol. The van der Waals surface area contributed by atoms with Gasteiger partial charge in [0.25, 0.3) is 0 Å². The molecule has 1 aromatic rings. The molecule has 2 N–H and O–H groups in total. The molecule has 7 heteroatoms. The van der Waals surface area contributed by atoms with Crippen LogP contribution in [-0.4, -0.2) is 38.4 Å². The van der Waals surface area contributed by atoms with Gasteiger partial charge in [0.05, 0.1) is 18.8 Å². The number of hydrogen-bond donors (Lipinski definition) is 2. The second-order valence-corrected chi connectivity index (χ2v) is 8.08. The van der Waals surface area contributed by atoms with E-state index in [1.165, 1.54) is 18.9 Å². The minimum absolute atomic E-state index is 0. The summed E-state index contributed by atoms with van der Waals surface area (Å²) in [7, 11) is 0. The lowest BCUT2D eigenvalue weighted by molar-refractivity contribution is -0.137.